The molecule has 2 nitrogen and oxygen atoms in total. The smallest absolute Gasteiger partial charge is 0.128 e. The molecule has 0 spiro atoms. The highest BCUT2D eigenvalue weighted by Gasteiger charge is 2.09. The Kier molecular flexibility index (Phi) is 4.65. The molecule has 0 heterocycles. The molecular formula is C16H15FN2S. The minimum absolute atomic E-state index is 0.257. The average molecular weight is 286 g/mol. The third kappa shape index (κ3) is 3.12. The molecule has 0 aromatic heterocycles. The van der Waals surface area contributed by atoms with Gasteiger partial charge in [0.2, 0.25) is 0 Å². The zero-order valence-corrected chi connectivity index (χ0v) is 12.2. The number of nitrogens with zero attached hydrogens (tertiary/aromatic N) is 1. The molecule has 2 aromatic rings. The van der Waals surface area contributed by atoms with Crippen LogP contribution in [-0.4, -0.2) is 5.75 Å². The number of nitriles is 1. The van der Waals surface area contributed by atoms with Crippen LogP contribution in [-0.2, 0) is 0 Å². The van der Waals surface area contributed by atoms with E-state index in [4.69, 9.17) is 0 Å². The van der Waals surface area contributed by atoms with E-state index in [9.17, 15) is 9.65 Å². The van der Waals surface area contributed by atoms with E-state index in [0.717, 1.165) is 10.6 Å². The van der Waals surface area contributed by atoms with Crippen molar-refractivity contribution >= 4 is 23.1 Å². The van der Waals surface area contributed by atoms with Crippen LogP contribution in [0.15, 0.2) is 41.3 Å². The molecule has 1 N–H and O–H groups in total. The summed E-state index contributed by atoms with van der Waals surface area (Å²) in [4.78, 5) is 0.938. The molecule has 0 bridgehead atoms. The standard InChI is InChI=1S/C16H15FN2S/c1-3-20-16-6-4-5-15(13(16)10-18)19-12-8-7-11(2)14(17)9-12/h4-9,19H,3H2,1-2H3. The normalized spacial score (nSPS) is 10.1. The molecule has 0 fully saturated rings. The maximum absolute atomic E-state index is 13.6. The third-order valence-corrected chi connectivity index (χ3v) is 3.83. The van der Waals surface area contributed by atoms with Gasteiger partial charge in [-0.15, -0.1) is 11.8 Å². The van der Waals surface area contributed by atoms with E-state index in [1.807, 2.05) is 25.1 Å². The first-order chi connectivity index (χ1) is 9.65. The number of thioether (sulfide) groups is 1. The molecule has 20 heavy (non-hydrogen) atoms. The van der Waals surface area contributed by atoms with Crippen LogP contribution in [0.1, 0.15) is 18.1 Å². The molecule has 2 aromatic carbocycles. The van der Waals surface area contributed by atoms with Crippen LogP contribution in [0.25, 0.3) is 0 Å². The molecule has 0 saturated heterocycles. The van der Waals surface area contributed by atoms with Gasteiger partial charge in [-0.05, 0) is 42.5 Å². The summed E-state index contributed by atoms with van der Waals surface area (Å²) in [6.45, 7) is 3.76. The van der Waals surface area contributed by atoms with Gasteiger partial charge in [0.1, 0.15) is 11.9 Å². The van der Waals surface area contributed by atoms with Gasteiger partial charge in [0.15, 0.2) is 0 Å². The Morgan fingerprint density at radius 1 is 1.30 bits per heavy atom. The van der Waals surface area contributed by atoms with Crippen LogP contribution in [0.4, 0.5) is 15.8 Å². The van der Waals surface area contributed by atoms with Gasteiger partial charge in [-0.1, -0.05) is 19.1 Å². The van der Waals surface area contributed by atoms with Crippen molar-refractivity contribution in [3.8, 4) is 6.07 Å². The fourth-order valence-corrected chi connectivity index (χ4v) is 2.64. The predicted octanol–water partition coefficient (Wildman–Crippen LogP) is 4.86. The zero-order valence-electron chi connectivity index (χ0n) is 11.4. The first kappa shape index (κ1) is 14.4. The Morgan fingerprint density at radius 2 is 2.10 bits per heavy atom. The minimum Gasteiger partial charge on any atom is -0.354 e. The maximum Gasteiger partial charge on any atom is 0.128 e. The van der Waals surface area contributed by atoms with Gasteiger partial charge in [0.05, 0.1) is 11.3 Å². The SMILES string of the molecule is CCSc1cccc(Nc2ccc(C)c(F)c2)c1C#N. The number of anilines is 2. The van der Waals surface area contributed by atoms with Gasteiger partial charge in [0, 0.05) is 10.6 Å². The van der Waals surface area contributed by atoms with E-state index in [1.54, 1.807) is 30.8 Å². The summed E-state index contributed by atoms with van der Waals surface area (Å²) in [6, 6.07) is 12.8. The summed E-state index contributed by atoms with van der Waals surface area (Å²) in [5.74, 6) is 0.643. The van der Waals surface area contributed by atoms with Crippen LogP contribution >= 0.6 is 11.8 Å². The van der Waals surface area contributed by atoms with E-state index in [0.29, 0.717) is 22.5 Å². The number of aryl methyl sites for hydroxylation is 1. The lowest BCUT2D eigenvalue weighted by atomic mass is 10.1. The monoisotopic (exact) mass is 286 g/mol. The molecule has 0 atom stereocenters. The number of rotatable bonds is 4. The van der Waals surface area contributed by atoms with Gasteiger partial charge < -0.3 is 5.32 Å². The van der Waals surface area contributed by atoms with Crippen molar-refractivity contribution in [2.24, 2.45) is 0 Å². The number of benzene rings is 2. The first-order valence-corrected chi connectivity index (χ1v) is 7.33. The third-order valence-electron chi connectivity index (χ3n) is 2.89. The van der Waals surface area contributed by atoms with Gasteiger partial charge >= 0.3 is 0 Å². The van der Waals surface area contributed by atoms with E-state index in [2.05, 4.69) is 11.4 Å². The highest BCUT2D eigenvalue weighted by atomic mass is 32.2. The summed E-state index contributed by atoms with van der Waals surface area (Å²) >= 11 is 1.62. The molecule has 0 aliphatic carbocycles. The van der Waals surface area contributed by atoms with E-state index in [1.165, 1.54) is 6.07 Å². The highest BCUT2D eigenvalue weighted by Crippen LogP contribution is 2.30. The molecule has 102 valence electrons. The van der Waals surface area contributed by atoms with E-state index < -0.39 is 0 Å². The fraction of sp³-hybridized carbons (Fsp3) is 0.188. The second-order valence-electron chi connectivity index (χ2n) is 4.31. The number of hydrogen-bond acceptors (Lipinski definition) is 3. The predicted molar refractivity (Wildman–Crippen MR) is 82.0 cm³/mol. The summed E-state index contributed by atoms with van der Waals surface area (Å²) < 4.78 is 13.6. The molecule has 0 aliphatic heterocycles. The zero-order chi connectivity index (χ0) is 14.5. The lowest BCUT2D eigenvalue weighted by molar-refractivity contribution is 0.619. The van der Waals surface area contributed by atoms with Crippen molar-refractivity contribution in [3.63, 3.8) is 0 Å². The molecule has 0 unspecified atom stereocenters. The van der Waals surface area contributed by atoms with Crippen LogP contribution in [0.2, 0.25) is 0 Å². The van der Waals surface area contributed by atoms with E-state index >= 15 is 0 Å². The number of hydrogen-bond donors (Lipinski definition) is 1. The van der Waals surface area contributed by atoms with Crippen molar-refractivity contribution in [3.05, 3.63) is 53.3 Å². The summed E-state index contributed by atoms with van der Waals surface area (Å²) in [6.07, 6.45) is 0. The molecular weight excluding hydrogens is 271 g/mol. The van der Waals surface area contributed by atoms with Gasteiger partial charge in [0.25, 0.3) is 0 Å². The van der Waals surface area contributed by atoms with Crippen molar-refractivity contribution in [1.82, 2.24) is 0 Å². The number of halogens is 1. The topological polar surface area (TPSA) is 35.8 Å². The molecule has 0 radical (unpaired) electrons. The molecule has 2 rings (SSSR count). The summed E-state index contributed by atoms with van der Waals surface area (Å²) in [5, 5.41) is 12.4. The van der Waals surface area contributed by atoms with Crippen molar-refractivity contribution in [2.75, 3.05) is 11.1 Å². The fourth-order valence-electron chi connectivity index (χ4n) is 1.85. The lowest BCUT2D eigenvalue weighted by Crippen LogP contribution is -1.96. The number of nitrogens with one attached hydrogen (secondary N) is 1. The second-order valence-corrected chi connectivity index (χ2v) is 5.62. The van der Waals surface area contributed by atoms with Crippen LogP contribution in [0, 0.1) is 24.1 Å². The minimum atomic E-state index is -0.257. The van der Waals surface area contributed by atoms with Gasteiger partial charge in [-0.2, -0.15) is 5.26 Å². The largest absolute Gasteiger partial charge is 0.354 e. The second kappa shape index (κ2) is 6.44. The first-order valence-electron chi connectivity index (χ1n) is 6.34. The van der Waals surface area contributed by atoms with Crippen LogP contribution in [0.3, 0.4) is 0 Å². The van der Waals surface area contributed by atoms with Crippen molar-refractivity contribution in [2.45, 2.75) is 18.7 Å². The van der Waals surface area contributed by atoms with Crippen molar-refractivity contribution in [1.29, 1.82) is 5.26 Å². The maximum atomic E-state index is 13.6. The van der Waals surface area contributed by atoms with Crippen LogP contribution in [0.5, 0.6) is 0 Å². The van der Waals surface area contributed by atoms with E-state index in [-0.39, 0.29) is 5.82 Å². The summed E-state index contributed by atoms with van der Waals surface area (Å²) in [7, 11) is 0. The highest BCUT2D eigenvalue weighted by molar-refractivity contribution is 7.99. The Balaban J connectivity index is 2.35. The Labute approximate surface area is 122 Å². The Morgan fingerprint density at radius 3 is 2.75 bits per heavy atom. The molecule has 0 amide bonds. The lowest BCUT2D eigenvalue weighted by Gasteiger charge is -2.11. The summed E-state index contributed by atoms with van der Waals surface area (Å²) in [5.41, 5.74) is 2.55. The van der Waals surface area contributed by atoms with Crippen LogP contribution < -0.4 is 5.32 Å². The molecule has 4 heteroatoms. The van der Waals surface area contributed by atoms with Gasteiger partial charge in [-0.25, -0.2) is 4.39 Å². The molecule has 0 aliphatic rings. The quantitative estimate of drug-likeness (QED) is 0.815. The van der Waals surface area contributed by atoms with Gasteiger partial charge in [-0.3, -0.25) is 0 Å². The Hall–Kier alpha value is -1.99. The molecule has 0 saturated carbocycles. The Bertz CT molecular complexity index is 662. The van der Waals surface area contributed by atoms with Crippen molar-refractivity contribution < 1.29 is 4.39 Å². The average Bonchev–Trinajstić information content (AvgIpc) is 2.44.